The topological polar surface area (TPSA) is 139 Å². The molecular formula is C21H21N5O3. The van der Waals surface area contributed by atoms with Crippen LogP contribution in [0.2, 0.25) is 0 Å². The van der Waals surface area contributed by atoms with Gasteiger partial charge in [0.2, 0.25) is 11.8 Å². The first-order chi connectivity index (χ1) is 13.7. The molecule has 1 aliphatic carbocycles. The van der Waals surface area contributed by atoms with E-state index in [1.807, 2.05) is 18.2 Å². The highest BCUT2D eigenvalue weighted by Gasteiger charge is 2.80. The zero-order valence-electron chi connectivity index (χ0n) is 16.6. The van der Waals surface area contributed by atoms with E-state index >= 15 is 0 Å². The van der Waals surface area contributed by atoms with E-state index in [4.69, 9.17) is 4.74 Å². The maximum Gasteiger partial charge on any atom is 0.245 e. The molecule has 0 unspecified atom stereocenters. The molecule has 1 aromatic rings. The van der Waals surface area contributed by atoms with Gasteiger partial charge in [-0.15, -0.1) is 0 Å². The Bertz CT molecular complexity index is 985. The number of hydrogen-bond donors (Lipinski definition) is 2. The van der Waals surface area contributed by atoms with Crippen molar-refractivity contribution in [3.05, 3.63) is 29.8 Å². The van der Waals surface area contributed by atoms with E-state index in [0.717, 1.165) is 0 Å². The Morgan fingerprint density at radius 3 is 2.17 bits per heavy atom. The third-order valence-electron chi connectivity index (χ3n) is 6.70. The maximum atomic E-state index is 13.2. The summed E-state index contributed by atoms with van der Waals surface area (Å²) < 4.78 is 5.18. The number of carbonyl (C=O) groups excluding carboxylic acids is 2. The van der Waals surface area contributed by atoms with Crippen molar-refractivity contribution in [2.24, 2.45) is 22.7 Å². The highest BCUT2D eigenvalue weighted by atomic mass is 16.5. The Labute approximate surface area is 169 Å². The summed E-state index contributed by atoms with van der Waals surface area (Å²) in [5.74, 6) is -2.68. The third-order valence-corrected chi connectivity index (χ3v) is 6.70. The molecule has 8 nitrogen and oxygen atoms in total. The van der Waals surface area contributed by atoms with Crippen LogP contribution in [0.3, 0.4) is 0 Å². The standard InChI is InChI=1S/C21H21N5O3/c1-12-17(15-5-7-16(29-4)8-6-15)19(9-22,10-23)20(11-24)13(2)21(12,25-14(3)27)26-18(20)28/h5-8,12-13,17H,1-4H3,(H,25,27)(H,26,28)/t12-,13+,17+,20-,21-/m1/s1. The summed E-state index contributed by atoms with van der Waals surface area (Å²) in [6.07, 6.45) is 0. The molecule has 0 aromatic heterocycles. The van der Waals surface area contributed by atoms with Crippen LogP contribution in [0.25, 0.3) is 0 Å². The average molecular weight is 391 g/mol. The second-order valence-corrected chi connectivity index (χ2v) is 7.72. The Morgan fingerprint density at radius 1 is 1.14 bits per heavy atom. The van der Waals surface area contributed by atoms with Crippen molar-refractivity contribution in [2.75, 3.05) is 7.11 Å². The normalized spacial score (nSPS) is 34.1. The van der Waals surface area contributed by atoms with Crippen LogP contribution >= 0.6 is 0 Å². The molecule has 1 aromatic carbocycles. The zero-order chi connectivity index (χ0) is 21.6. The SMILES string of the molecule is COc1ccc([C@@H]2[C@@H](C)[C@@]3(NC(C)=O)NC(=O)[C@@](C#N)([C@@H]3C)C2(C#N)C#N)cc1. The molecule has 2 amide bonds. The van der Waals surface area contributed by atoms with Crippen LogP contribution in [0.4, 0.5) is 0 Å². The van der Waals surface area contributed by atoms with Crippen molar-refractivity contribution in [1.82, 2.24) is 10.6 Å². The summed E-state index contributed by atoms with van der Waals surface area (Å²) >= 11 is 0. The van der Waals surface area contributed by atoms with Gasteiger partial charge >= 0.3 is 0 Å². The molecule has 0 radical (unpaired) electrons. The molecule has 2 fully saturated rings. The number of benzene rings is 1. The van der Waals surface area contributed by atoms with Gasteiger partial charge in [-0.2, -0.15) is 15.8 Å². The molecule has 2 bridgehead atoms. The monoisotopic (exact) mass is 391 g/mol. The first-order valence-electron chi connectivity index (χ1n) is 9.19. The number of hydrogen-bond acceptors (Lipinski definition) is 6. The largest absolute Gasteiger partial charge is 0.497 e. The number of rotatable bonds is 3. The van der Waals surface area contributed by atoms with E-state index < -0.39 is 40.2 Å². The molecule has 2 aliphatic rings. The highest BCUT2D eigenvalue weighted by molar-refractivity contribution is 5.94. The van der Waals surface area contributed by atoms with E-state index in [-0.39, 0.29) is 5.91 Å². The second-order valence-electron chi connectivity index (χ2n) is 7.72. The Kier molecular flexibility index (Phi) is 4.52. The van der Waals surface area contributed by atoms with Gasteiger partial charge in [0.25, 0.3) is 0 Å². The molecule has 1 aliphatic heterocycles. The van der Waals surface area contributed by atoms with Gasteiger partial charge in [-0.3, -0.25) is 9.59 Å². The molecule has 148 valence electrons. The van der Waals surface area contributed by atoms with Crippen molar-refractivity contribution in [1.29, 1.82) is 15.8 Å². The lowest BCUT2D eigenvalue weighted by Crippen LogP contribution is -2.69. The number of amides is 2. The molecule has 3 rings (SSSR count). The fraction of sp³-hybridized carbons (Fsp3) is 0.476. The fourth-order valence-corrected chi connectivity index (χ4v) is 5.32. The van der Waals surface area contributed by atoms with E-state index in [2.05, 4.69) is 10.6 Å². The number of methoxy groups -OCH3 is 1. The van der Waals surface area contributed by atoms with Crippen molar-refractivity contribution in [3.8, 4) is 24.0 Å². The van der Waals surface area contributed by atoms with Crippen LogP contribution in [0.5, 0.6) is 5.75 Å². The first kappa shape index (κ1) is 20.2. The van der Waals surface area contributed by atoms with Crippen molar-refractivity contribution in [2.45, 2.75) is 32.4 Å². The van der Waals surface area contributed by atoms with Crippen molar-refractivity contribution >= 4 is 11.8 Å². The molecule has 1 saturated carbocycles. The smallest absolute Gasteiger partial charge is 0.245 e. The molecule has 29 heavy (non-hydrogen) atoms. The number of nitriles is 3. The second kappa shape index (κ2) is 6.50. The molecule has 2 N–H and O–H groups in total. The molecular weight excluding hydrogens is 370 g/mol. The Balaban J connectivity index is 2.36. The minimum Gasteiger partial charge on any atom is -0.497 e. The highest BCUT2D eigenvalue weighted by Crippen LogP contribution is 2.66. The van der Waals surface area contributed by atoms with Gasteiger partial charge in [-0.1, -0.05) is 26.0 Å². The van der Waals surface area contributed by atoms with Gasteiger partial charge in [-0.25, -0.2) is 0 Å². The van der Waals surface area contributed by atoms with Gasteiger partial charge in [0.05, 0.1) is 25.3 Å². The quantitative estimate of drug-likeness (QED) is 0.802. The van der Waals surface area contributed by atoms with Gasteiger partial charge in [0.1, 0.15) is 11.4 Å². The van der Waals surface area contributed by atoms with Crippen LogP contribution in [0.15, 0.2) is 24.3 Å². The first-order valence-corrected chi connectivity index (χ1v) is 9.19. The molecule has 5 atom stereocenters. The minimum atomic E-state index is -1.95. The molecule has 1 saturated heterocycles. The van der Waals surface area contributed by atoms with Crippen LogP contribution in [-0.4, -0.2) is 24.6 Å². The van der Waals surface area contributed by atoms with Crippen LogP contribution < -0.4 is 15.4 Å². The lowest BCUT2D eigenvalue weighted by Gasteiger charge is -2.54. The summed E-state index contributed by atoms with van der Waals surface area (Å²) in [5, 5.41) is 36.1. The average Bonchev–Trinajstić information content (AvgIpc) is 2.89. The van der Waals surface area contributed by atoms with Crippen LogP contribution in [0, 0.1) is 56.7 Å². The molecule has 8 heteroatoms. The van der Waals surface area contributed by atoms with E-state index in [1.54, 1.807) is 38.1 Å². The summed E-state index contributed by atoms with van der Waals surface area (Å²) in [6.45, 7) is 4.73. The van der Waals surface area contributed by atoms with Gasteiger partial charge in [-0.05, 0) is 17.7 Å². The summed E-state index contributed by atoms with van der Waals surface area (Å²) in [6, 6.07) is 12.9. The lowest BCUT2D eigenvalue weighted by molar-refractivity contribution is -0.131. The van der Waals surface area contributed by atoms with Gasteiger partial charge < -0.3 is 15.4 Å². The van der Waals surface area contributed by atoms with Gasteiger partial charge in [0, 0.05) is 24.7 Å². The third kappa shape index (κ3) is 2.22. The van der Waals surface area contributed by atoms with Gasteiger partial charge in [0.15, 0.2) is 10.8 Å². The van der Waals surface area contributed by atoms with Crippen molar-refractivity contribution < 1.29 is 14.3 Å². The maximum absolute atomic E-state index is 13.2. The molecule has 1 heterocycles. The number of fused-ring (bicyclic) bond motifs is 2. The summed E-state index contributed by atoms with van der Waals surface area (Å²) in [7, 11) is 1.52. The fourth-order valence-electron chi connectivity index (χ4n) is 5.32. The Morgan fingerprint density at radius 2 is 1.72 bits per heavy atom. The van der Waals surface area contributed by atoms with Crippen LogP contribution in [-0.2, 0) is 9.59 Å². The lowest BCUT2D eigenvalue weighted by atomic mass is 9.44. The number of nitrogens with zero attached hydrogens (tertiary/aromatic N) is 3. The minimum absolute atomic E-state index is 0.382. The predicted octanol–water partition coefficient (Wildman–Crippen LogP) is 1.57. The van der Waals surface area contributed by atoms with E-state index in [1.165, 1.54) is 14.0 Å². The zero-order valence-corrected chi connectivity index (χ0v) is 16.6. The van der Waals surface area contributed by atoms with Crippen LogP contribution in [0.1, 0.15) is 32.3 Å². The van der Waals surface area contributed by atoms with Crippen molar-refractivity contribution in [3.63, 3.8) is 0 Å². The van der Waals surface area contributed by atoms with E-state index in [0.29, 0.717) is 11.3 Å². The summed E-state index contributed by atoms with van der Waals surface area (Å²) in [5.41, 5.74) is -4.55. The van der Waals surface area contributed by atoms with E-state index in [9.17, 15) is 25.4 Å². The molecule has 0 spiro atoms. The summed E-state index contributed by atoms with van der Waals surface area (Å²) in [4.78, 5) is 25.2. The number of ether oxygens (including phenoxy) is 1. The predicted molar refractivity (Wildman–Crippen MR) is 100 cm³/mol. The number of carbonyl (C=O) groups is 2. The number of nitrogens with one attached hydrogen (secondary N) is 2. The Hall–Kier alpha value is -3.57.